The number of pyridine rings is 1. The maximum absolute atomic E-state index is 11.7. The largest absolute Gasteiger partial charge is 0.495 e. The third kappa shape index (κ3) is 4.65. The van der Waals surface area contributed by atoms with E-state index in [0.717, 1.165) is 25.0 Å². The zero-order chi connectivity index (χ0) is 18.5. The van der Waals surface area contributed by atoms with Crippen molar-refractivity contribution in [2.24, 2.45) is 0 Å². The lowest BCUT2D eigenvalue weighted by molar-refractivity contribution is 0.0981. The van der Waals surface area contributed by atoms with Crippen molar-refractivity contribution >= 4 is 17.7 Å². The Morgan fingerprint density at radius 2 is 2.15 bits per heavy atom. The molecule has 1 aliphatic carbocycles. The number of hydrogen-bond acceptors (Lipinski definition) is 6. The lowest BCUT2D eigenvalue weighted by Gasteiger charge is -2.14. The summed E-state index contributed by atoms with van der Waals surface area (Å²) in [6, 6.07) is 5.73. The number of anilines is 2. The molecule has 8 heteroatoms. The molecule has 0 unspecified atom stereocenters. The Labute approximate surface area is 152 Å². The van der Waals surface area contributed by atoms with Crippen molar-refractivity contribution in [3.05, 3.63) is 30.1 Å². The van der Waals surface area contributed by atoms with Crippen LogP contribution < -0.4 is 15.4 Å². The van der Waals surface area contributed by atoms with Gasteiger partial charge in [-0.05, 0) is 45.2 Å². The van der Waals surface area contributed by atoms with Crippen LogP contribution in [-0.4, -0.2) is 40.5 Å². The van der Waals surface area contributed by atoms with Crippen molar-refractivity contribution < 1.29 is 14.3 Å². The average molecular weight is 359 g/mol. The monoisotopic (exact) mass is 359 g/mol. The third-order valence-corrected chi connectivity index (χ3v) is 4.33. The van der Waals surface area contributed by atoms with Crippen LogP contribution in [-0.2, 0) is 4.74 Å². The fourth-order valence-electron chi connectivity index (χ4n) is 3.07. The predicted octanol–water partition coefficient (Wildman–Crippen LogP) is 3.33. The molecule has 0 spiro atoms. The Morgan fingerprint density at radius 1 is 1.31 bits per heavy atom. The minimum Gasteiger partial charge on any atom is -0.495 e. The van der Waals surface area contributed by atoms with Gasteiger partial charge in [-0.1, -0.05) is 0 Å². The van der Waals surface area contributed by atoms with Gasteiger partial charge in [-0.15, -0.1) is 0 Å². The molecule has 1 amide bonds. The van der Waals surface area contributed by atoms with E-state index in [1.165, 1.54) is 0 Å². The van der Waals surface area contributed by atoms with Crippen molar-refractivity contribution in [3.8, 4) is 5.75 Å². The molecule has 0 saturated heterocycles. The van der Waals surface area contributed by atoms with E-state index in [4.69, 9.17) is 9.47 Å². The number of nitrogens with one attached hydrogen (secondary N) is 3. The molecule has 2 aromatic heterocycles. The Hall–Kier alpha value is -2.77. The Bertz CT molecular complexity index is 729. The third-order valence-electron chi connectivity index (χ3n) is 4.33. The van der Waals surface area contributed by atoms with Crippen molar-refractivity contribution in [2.45, 2.75) is 51.2 Å². The summed E-state index contributed by atoms with van der Waals surface area (Å²) in [5, 5.41) is 13.3. The number of aromatic nitrogens is 3. The van der Waals surface area contributed by atoms with E-state index in [1.807, 2.05) is 32.0 Å². The molecule has 3 N–H and O–H groups in total. The smallest absolute Gasteiger partial charge is 0.407 e. The second-order valence-electron chi connectivity index (χ2n) is 6.75. The zero-order valence-electron chi connectivity index (χ0n) is 15.3. The van der Waals surface area contributed by atoms with E-state index < -0.39 is 0 Å². The molecule has 8 nitrogen and oxygen atoms in total. The molecule has 0 aliphatic heterocycles. The van der Waals surface area contributed by atoms with Crippen LogP contribution in [0.2, 0.25) is 0 Å². The summed E-state index contributed by atoms with van der Waals surface area (Å²) >= 11 is 0. The summed E-state index contributed by atoms with van der Waals surface area (Å²) in [6.45, 7) is 3.82. The van der Waals surface area contributed by atoms with Crippen LogP contribution in [0.3, 0.4) is 0 Å². The second-order valence-corrected chi connectivity index (χ2v) is 6.75. The normalized spacial score (nSPS) is 19.4. The average Bonchev–Trinajstić information content (AvgIpc) is 3.24. The highest BCUT2D eigenvalue weighted by Crippen LogP contribution is 2.36. The number of rotatable bonds is 6. The standard InChI is InChI=1S/C18H25N5O3/c1-11(2)20-18(24)26-13-5-4-12(8-13)15-9-17(23-22-15)21-16-7-6-14(25-3)10-19-16/h6-7,9-13H,4-5,8H2,1-3H3,(H,20,24)(H2,19,21,22,23)/t12-,13+/m0/s1. The molecule has 26 heavy (non-hydrogen) atoms. The topological polar surface area (TPSA) is 101 Å². The molecule has 1 saturated carbocycles. The van der Waals surface area contributed by atoms with Crippen LogP contribution in [0.25, 0.3) is 0 Å². The molecule has 2 aromatic rings. The Kier molecular flexibility index (Phi) is 5.60. The zero-order valence-corrected chi connectivity index (χ0v) is 15.3. The lowest BCUT2D eigenvalue weighted by Crippen LogP contribution is -2.33. The summed E-state index contributed by atoms with van der Waals surface area (Å²) in [5.74, 6) is 2.41. The van der Waals surface area contributed by atoms with Gasteiger partial charge in [-0.3, -0.25) is 5.10 Å². The number of H-pyrrole nitrogens is 1. The number of carbonyl (C=O) groups is 1. The fourth-order valence-corrected chi connectivity index (χ4v) is 3.07. The van der Waals surface area contributed by atoms with Crippen molar-refractivity contribution in [2.75, 3.05) is 12.4 Å². The van der Waals surface area contributed by atoms with Gasteiger partial charge in [-0.25, -0.2) is 9.78 Å². The van der Waals surface area contributed by atoms with Gasteiger partial charge in [0.1, 0.15) is 17.7 Å². The van der Waals surface area contributed by atoms with E-state index in [1.54, 1.807) is 13.3 Å². The number of carbonyl (C=O) groups excluding carboxylic acids is 1. The molecule has 140 valence electrons. The fraction of sp³-hybridized carbons (Fsp3) is 0.500. The van der Waals surface area contributed by atoms with Gasteiger partial charge in [-0.2, -0.15) is 5.10 Å². The summed E-state index contributed by atoms with van der Waals surface area (Å²) in [6.07, 6.45) is 3.87. The Morgan fingerprint density at radius 3 is 2.85 bits per heavy atom. The van der Waals surface area contributed by atoms with Crippen LogP contribution in [0, 0.1) is 0 Å². The Balaban J connectivity index is 1.54. The predicted molar refractivity (Wildman–Crippen MR) is 97.8 cm³/mol. The SMILES string of the molecule is COc1ccc(Nc2cc([C@H]3CC[C@@H](OC(=O)NC(C)C)C3)[nH]n2)nc1. The van der Waals surface area contributed by atoms with Crippen LogP contribution in [0.4, 0.5) is 16.4 Å². The quantitative estimate of drug-likeness (QED) is 0.731. The number of amides is 1. The van der Waals surface area contributed by atoms with Gasteiger partial charge in [0.2, 0.25) is 0 Å². The molecule has 0 bridgehead atoms. The maximum Gasteiger partial charge on any atom is 0.407 e. The first-order valence-electron chi connectivity index (χ1n) is 8.83. The number of aromatic amines is 1. The molecule has 1 aliphatic rings. The van der Waals surface area contributed by atoms with Gasteiger partial charge >= 0.3 is 6.09 Å². The minimum atomic E-state index is -0.344. The molecule has 0 radical (unpaired) electrons. The molecule has 1 fully saturated rings. The van der Waals surface area contributed by atoms with Crippen LogP contribution in [0.5, 0.6) is 5.75 Å². The summed E-state index contributed by atoms with van der Waals surface area (Å²) in [7, 11) is 1.61. The van der Waals surface area contributed by atoms with Gasteiger partial charge in [0.25, 0.3) is 0 Å². The molecular formula is C18H25N5O3. The number of methoxy groups -OCH3 is 1. The molecule has 2 atom stereocenters. The van der Waals surface area contributed by atoms with Crippen molar-refractivity contribution in [1.82, 2.24) is 20.5 Å². The number of ether oxygens (including phenoxy) is 2. The minimum absolute atomic E-state index is 0.0540. The van der Waals surface area contributed by atoms with E-state index in [2.05, 4.69) is 25.8 Å². The van der Waals surface area contributed by atoms with E-state index in [9.17, 15) is 4.79 Å². The van der Waals surface area contributed by atoms with Crippen molar-refractivity contribution in [3.63, 3.8) is 0 Å². The first-order chi connectivity index (χ1) is 12.5. The number of hydrogen-bond donors (Lipinski definition) is 3. The molecule has 0 aromatic carbocycles. The van der Waals surface area contributed by atoms with E-state index in [-0.39, 0.29) is 18.2 Å². The number of nitrogens with zero attached hydrogens (tertiary/aromatic N) is 2. The number of alkyl carbamates (subject to hydrolysis) is 1. The lowest BCUT2D eigenvalue weighted by atomic mass is 10.0. The van der Waals surface area contributed by atoms with E-state index >= 15 is 0 Å². The molecule has 3 rings (SSSR count). The van der Waals surface area contributed by atoms with Gasteiger partial charge in [0.05, 0.1) is 13.3 Å². The summed E-state index contributed by atoms with van der Waals surface area (Å²) < 4.78 is 10.6. The van der Waals surface area contributed by atoms with Crippen LogP contribution in [0.15, 0.2) is 24.4 Å². The maximum atomic E-state index is 11.7. The second kappa shape index (κ2) is 8.07. The van der Waals surface area contributed by atoms with E-state index in [0.29, 0.717) is 23.3 Å². The van der Waals surface area contributed by atoms with Crippen LogP contribution in [0.1, 0.15) is 44.7 Å². The summed E-state index contributed by atoms with van der Waals surface area (Å²) in [4.78, 5) is 16.0. The van der Waals surface area contributed by atoms with Gasteiger partial charge in [0, 0.05) is 23.7 Å². The highest BCUT2D eigenvalue weighted by atomic mass is 16.6. The highest BCUT2D eigenvalue weighted by molar-refractivity contribution is 5.67. The van der Waals surface area contributed by atoms with Crippen molar-refractivity contribution in [1.29, 1.82) is 0 Å². The summed E-state index contributed by atoms with van der Waals surface area (Å²) in [5.41, 5.74) is 1.04. The van der Waals surface area contributed by atoms with Crippen LogP contribution >= 0.6 is 0 Å². The highest BCUT2D eigenvalue weighted by Gasteiger charge is 2.30. The van der Waals surface area contributed by atoms with Gasteiger partial charge in [0.15, 0.2) is 5.82 Å². The first-order valence-corrected chi connectivity index (χ1v) is 8.83. The molecular weight excluding hydrogens is 334 g/mol. The van der Waals surface area contributed by atoms with Gasteiger partial charge < -0.3 is 20.1 Å². The molecule has 2 heterocycles. The first kappa shape index (κ1) is 18.0.